The molecule has 0 saturated carbocycles. The van der Waals surface area contributed by atoms with Crippen LogP contribution in [0.2, 0.25) is 0 Å². The number of nitrogens with zero attached hydrogens (tertiary/aromatic N) is 3. The SMILES string of the molecule is COC[C@H](N=C1NC(=O)/C(=C/c2ccc3ncn(C)c3c2)N1)c1ccccc1. The number of methoxy groups -OCH3 is 1. The Labute approximate surface area is 162 Å². The first-order valence-electron chi connectivity index (χ1n) is 8.97. The van der Waals surface area contributed by atoms with Crippen molar-refractivity contribution in [2.45, 2.75) is 6.04 Å². The van der Waals surface area contributed by atoms with Crippen LogP contribution in [0.4, 0.5) is 0 Å². The third kappa shape index (κ3) is 3.65. The Morgan fingerprint density at radius 1 is 1.21 bits per heavy atom. The Bertz CT molecular complexity index is 1070. The minimum absolute atomic E-state index is 0.209. The van der Waals surface area contributed by atoms with Crippen LogP contribution in [0.1, 0.15) is 17.2 Å². The summed E-state index contributed by atoms with van der Waals surface area (Å²) in [6, 6.07) is 15.5. The third-order valence-corrected chi connectivity index (χ3v) is 4.58. The number of aliphatic imine (C=N–C) groups is 1. The van der Waals surface area contributed by atoms with E-state index in [0.29, 0.717) is 18.3 Å². The van der Waals surface area contributed by atoms with Gasteiger partial charge in [-0.25, -0.2) is 9.98 Å². The quantitative estimate of drug-likeness (QED) is 0.671. The zero-order valence-corrected chi connectivity index (χ0v) is 15.7. The van der Waals surface area contributed by atoms with E-state index in [-0.39, 0.29) is 11.9 Å². The number of rotatable bonds is 5. The minimum Gasteiger partial charge on any atom is -0.382 e. The number of ether oxygens (including phenoxy) is 1. The monoisotopic (exact) mass is 375 g/mol. The van der Waals surface area contributed by atoms with Crippen molar-refractivity contribution >= 4 is 29.0 Å². The van der Waals surface area contributed by atoms with E-state index in [2.05, 4.69) is 20.6 Å². The number of benzene rings is 2. The molecule has 0 aliphatic carbocycles. The van der Waals surface area contributed by atoms with E-state index in [1.807, 2.05) is 60.1 Å². The lowest BCUT2D eigenvalue weighted by molar-refractivity contribution is -0.115. The van der Waals surface area contributed by atoms with Gasteiger partial charge in [-0.3, -0.25) is 10.1 Å². The smallest absolute Gasteiger partial charge is 0.274 e. The van der Waals surface area contributed by atoms with Crippen molar-refractivity contribution in [2.75, 3.05) is 13.7 Å². The predicted octanol–water partition coefficient (Wildman–Crippen LogP) is 2.38. The lowest BCUT2D eigenvalue weighted by Crippen LogP contribution is -2.26. The Balaban J connectivity index is 1.59. The summed E-state index contributed by atoms with van der Waals surface area (Å²) in [6.07, 6.45) is 3.57. The molecule has 1 fully saturated rings. The van der Waals surface area contributed by atoms with Crippen LogP contribution in [0.15, 0.2) is 65.5 Å². The number of carbonyl (C=O) groups is 1. The molecule has 4 rings (SSSR count). The van der Waals surface area contributed by atoms with Gasteiger partial charge in [0.25, 0.3) is 5.91 Å². The van der Waals surface area contributed by atoms with Crippen LogP contribution in [-0.4, -0.2) is 35.1 Å². The van der Waals surface area contributed by atoms with Gasteiger partial charge in [-0.1, -0.05) is 36.4 Å². The Morgan fingerprint density at radius 2 is 2.04 bits per heavy atom. The van der Waals surface area contributed by atoms with E-state index in [9.17, 15) is 4.79 Å². The van der Waals surface area contributed by atoms with Crippen molar-refractivity contribution in [3.63, 3.8) is 0 Å². The molecule has 2 heterocycles. The number of amides is 1. The first-order chi connectivity index (χ1) is 13.6. The predicted molar refractivity (Wildman–Crippen MR) is 108 cm³/mol. The Hall–Kier alpha value is -3.45. The molecule has 142 valence electrons. The van der Waals surface area contributed by atoms with Crippen LogP contribution in [0.5, 0.6) is 0 Å². The summed E-state index contributed by atoms with van der Waals surface area (Å²) in [6.45, 7) is 0.418. The number of fused-ring (bicyclic) bond motifs is 1. The van der Waals surface area contributed by atoms with Gasteiger partial charge in [-0.15, -0.1) is 0 Å². The molecule has 1 saturated heterocycles. The molecule has 0 radical (unpaired) electrons. The molecule has 1 atom stereocenters. The minimum atomic E-state index is -0.215. The highest BCUT2D eigenvalue weighted by molar-refractivity contribution is 6.15. The first kappa shape index (κ1) is 17.9. The number of hydrogen-bond donors (Lipinski definition) is 2. The summed E-state index contributed by atoms with van der Waals surface area (Å²) < 4.78 is 7.24. The van der Waals surface area contributed by atoms with E-state index >= 15 is 0 Å². The number of carbonyl (C=O) groups excluding carboxylic acids is 1. The maximum Gasteiger partial charge on any atom is 0.274 e. The highest BCUT2D eigenvalue weighted by Crippen LogP contribution is 2.19. The topological polar surface area (TPSA) is 80.5 Å². The van der Waals surface area contributed by atoms with Crippen LogP contribution in [0, 0.1) is 0 Å². The average Bonchev–Trinajstić information content (AvgIpc) is 3.24. The van der Waals surface area contributed by atoms with Crippen LogP contribution in [-0.2, 0) is 16.6 Å². The molecule has 7 nitrogen and oxygen atoms in total. The molecule has 28 heavy (non-hydrogen) atoms. The summed E-state index contributed by atoms with van der Waals surface area (Å²) in [5, 5.41) is 5.86. The molecule has 2 N–H and O–H groups in total. The number of nitrogens with one attached hydrogen (secondary N) is 2. The summed E-state index contributed by atoms with van der Waals surface area (Å²) in [4.78, 5) is 21.3. The highest BCUT2D eigenvalue weighted by Gasteiger charge is 2.23. The van der Waals surface area contributed by atoms with Gasteiger partial charge in [-0.2, -0.15) is 0 Å². The van der Waals surface area contributed by atoms with Crippen molar-refractivity contribution in [1.29, 1.82) is 0 Å². The van der Waals surface area contributed by atoms with Crippen LogP contribution < -0.4 is 10.6 Å². The number of guanidine groups is 1. The van der Waals surface area contributed by atoms with Gasteiger partial charge in [0.05, 0.1) is 24.0 Å². The molecular formula is C21H21N5O2. The van der Waals surface area contributed by atoms with Crippen molar-refractivity contribution in [2.24, 2.45) is 12.0 Å². The standard InChI is InChI=1S/C21H21N5O2/c1-26-13-22-16-9-8-14(11-19(16)26)10-17-20(27)25-21(23-17)24-18(12-28-2)15-6-4-3-5-7-15/h3-11,13,18H,12H2,1-2H3,(H2,23,24,25,27)/b17-10-/t18-/m0/s1. The fourth-order valence-electron chi connectivity index (χ4n) is 3.15. The molecule has 0 unspecified atom stereocenters. The zero-order chi connectivity index (χ0) is 19.5. The Kier molecular flexibility index (Phi) is 4.90. The molecule has 1 aliphatic rings. The van der Waals surface area contributed by atoms with Gasteiger partial charge < -0.3 is 14.6 Å². The van der Waals surface area contributed by atoms with Gasteiger partial charge in [0.1, 0.15) is 11.7 Å². The molecule has 0 spiro atoms. The van der Waals surface area contributed by atoms with Crippen molar-refractivity contribution in [1.82, 2.24) is 20.2 Å². The fourth-order valence-corrected chi connectivity index (χ4v) is 3.15. The molecular weight excluding hydrogens is 354 g/mol. The van der Waals surface area contributed by atoms with Gasteiger partial charge in [0.15, 0.2) is 0 Å². The molecule has 3 aromatic rings. The molecule has 2 aromatic carbocycles. The van der Waals surface area contributed by atoms with Gasteiger partial charge in [0.2, 0.25) is 5.96 Å². The molecule has 7 heteroatoms. The third-order valence-electron chi connectivity index (χ3n) is 4.58. The average molecular weight is 375 g/mol. The number of imidazole rings is 1. The zero-order valence-electron chi connectivity index (χ0n) is 15.7. The van der Waals surface area contributed by atoms with Crippen molar-refractivity contribution in [3.05, 3.63) is 71.7 Å². The van der Waals surface area contributed by atoms with Crippen LogP contribution in [0.25, 0.3) is 17.1 Å². The van der Waals surface area contributed by atoms with E-state index in [1.54, 1.807) is 19.5 Å². The summed E-state index contributed by atoms with van der Waals surface area (Å²) in [5.74, 6) is 0.205. The highest BCUT2D eigenvalue weighted by atomic mass is 16.5. The van der Waals surface area contributed by atoms with Crippen LogP contribution in [0.3, 0.4) is 0 Å². The fraction of sp³-hybridized carbons (Fsp3) is 0.190. The lowest BCUT2D eigenvalue weighted by Gasteiger charge is -2.12. The van der Waals surface area contributed by atoms with Crippen molar-refractivity contribution < 1.29 is 9.53 Å². The molecule has 0 bridgehead atoms. The second-order valence-electron chi connectivity index (χ2n) is 6.60. The van der Waals surface area contributed by atoms with Gasteiger partial charge in [0, 0.05) is 14.2 Å². The molecule has 1 aromatic heterocycles. The first-order valence-corrected chi connectivity index (χ1v) is 8.97. The molecule has 1 amide bonds. The summed E-state index contributed by atoms with van der Waals surface area (Å²) in [5.41, 5.74) is 4.30. The maximum absolute atomic E-state index is 12.4. The molecule has 1 aliphatic heterocycles. The van der Waals surface area contributed by atoms with Crippen molar-refractivity contribution in [3.8, 4) is 0 Å². The maximum atomic E-state index is 12.4. The van der Waals surface area contributed by atoms with Gasteiger partial charge in [-0.05, 0) is 29.3 Å². The summed E-state index contributed by atoms with van der Waals surface area (Å²) >= 11 is 0. The van der Waals surface area contributed by atoms with E-state index in [0.717, 1.165) is 22.2 Å². The van der Waals surface area contributed by atoms with E-state index in [1.165, 1.54) is 0 Å². The second kappa shape index (κ2) is 7.66. The second-order valence-corrected chi connectivity index (χ2v) is 6.60. The Morgan fingerprint density at radius 3 is 2.82 bits per heavy atom. The van der Waals surface area contributed by atoms with E-state index in [4.69, 9.17) is 4.74 Å². The normalized spacial score (nSPS) is 17.9. The van der Waals surface area contributed by atoms with E-state index < -0.39 is 0 Å². The lowest BCUT2D eigenvalue weighted by atomic mass is 10.1. The van der Waals surface area contributed by atoms with Gasteiger partial charge >= 0.3 is 0 Å². The number of aryl methyl sites for hydroxylation is 1. The number of aromatic nitrogens is 2. The number of hydrogen-bond acceptors (Lipinski definition) is 4. The van der Waals surface area contributed by atoms with Crippen LogP contribution >= 0.6 is 0 Å². The summed E-state index contributed by atoms with van der Waals surface area (Å²) in [7, 11) is 3.58. The largest absolute Gasteiger partial charge is 0.382 e.